The molecule has 1 N–H and O–H groups in total. The van der Waals surface area contributed by atoms with Crippen LogP contribution in [0.2, 0.25) is 0 Å². The van der Waals surface area contributed by atoms with Crippen molar-refractivity contribution >= 4 is 5.91 Å². The van der Waals surface area contributed by atoms with E-state index in [4.69, 9.17) is 14.0 Å². The average molecular weight is 362 g/mol. The summed E-state index contributed by atoms with van der Waals surface area (Å²) < 4.78 is 29.6. The number of ether oxygens (including phenoxy) is 2. The second-order valence-corrected chi connectivity index (χ2v) is 6.47. The maximum Gasteiger partial charge on any atom is 0.226 e. The Balaban J connectivity index is 1.46. The summed E-state index contributed by atoms with van der Waals surface area (Å²) in [4.78, 5) is 12.1. The molecule has 1 atom stereocenters. The van der Waals surface area contributed by atoms with Gasteiger partial charge in [0.15, 0.2) is 5.76 Å². The van der Waals surface area contributed by atoms with Crippen LogP contribution in [0.4, 0.5) is 4.39 Å². The molecule has 1 unspecified atom stereocenters. The van der Waals surface area contributed by atoms with Gasteiger partial charge in [-0.15, -0.1) is 0 Å². The van der Waals surface area contributed by atoms with E-state index < -0.39 is 0 Å². The first-order chi connectivity index (χ1) is 12.6. The summed E-state index contributed by atoms with van der Waals surface area (Å²) in [5, 5.41) is 6.87. The van der Waals surface area contributed by atoms with Crippen molar-refractivity contribution in [3.8, 4) is 0 Å². The standard InChI is InChI=1S/C19H23FN2O4/c1-13-17(8-19(23)21-9-14-6-7-24-10-14)22-26-18(13)12-25-11-15-4-2-3-5-16(15)20/h2-5,14H,6-12H2,1H3,(H,21,23). The van der Waals surface area contributed by atoms with Crippen molar-refractivity contribution in [2.45, 2.75) is 33.0 Å². The molecule has 0 saturated carbocycles. The number of nitrogens with one attached hydrogen (secondary N) is 1. The van der Waals surface area contributed by atoms with Crippen LogP contribution in [-0.2, 0) is 33.9 Å². The number of aromatic nitrogens is 1. The molecule has 1 aliphatic heterocycles. The van der Waals surface area contributed by atoms with Gasteiger partial charge < -0.3 is 19.3 Å². The Labute approximate surface area is 151 Å². The number of carbonyl (C=O) groups excluding carboxylic acids is 1. The molecule has 26 heavy (non-hydrogen) atoms. The van der Waals surface area contributed by atoms with Crippen molar-refractivity contribution in [3.05, 3.63) is 52.7 Å². The zero-order valence-corrected chi connectivity index (χ0v) is 14.8. The number of halogens is 1. The van der Waals surface area contributed by atoms with Crippen molar-refractivity contribution < 1.29 is 23.2 Å². The minimum absolute atomic E-state index is 0.0906. The zero-order valence-electron chi connectivity index (χ0n) is 14.8. The predicted molar refractivity (Wildman–Crippen MR) is 91.8 cm³/mol. The van der Waals surface area contributed by atoms with Crippen LogP contribution in [-0.4, -0.2) is 30.8 Å². The summed E-state index contributed by atoms with van der Waals surface area (Å²) in [7, 11) is 0. The monoisotopic (exact) mass is 362 g/mol. The Morgan fingerprint density at radius 1 is 1.38 bits per heavy atom. The molecule has 1 fully saturated rings. The van der Waals surface area contributed by atoms with E-state index in [1.807, 2.05) is 6.92 Å². The lowest BCUT2D eigenvalue weighted by molar-refractivity contribution is -0.120. The van der Waals surface area contributed by atoms with Crippen LogP contribution in [0.5, 0.6) is 0 Å². The largest absolute Gasteiger partial charge is 0.381 e. The van der Waals surface area contributed by atoms with Crippen LogP contribution in [0.25, 0.3) is 0 Å². The van der Waals surface area contributed by atoms with E-state index in [-0.39, 0.29) is 31.4 Å². The molecule has 1 aliphatic rings. The molecular weight excluding hydrogens is 339 g/mol. The van der Waals surface area contributed by atoms with Gasteiger partial charge in [-0.3, -0.25) is 4.79 Å². The maximum absolute atomic E-state index is 13.6. The minimum Gasteiger partial charge on any atom is -0.381 e. The van der Waals surface area contributed by atoms with Crippen molar-refractivity contribution in [1.82, 2.24) is 10.5 Å². The summed E-state index contributed by atoms with van der Waals surface area (Å²) in [6, 6.07) is 6.47. The van der Waals surface area contributed by atoms with Crippen LogP contribution in [0.1, 0.15) is 29.0 Å². The van der Waals surface area contributed by atoms with Crippen LogP contribution in [0.15, 0.2) is 28.8 Å². The van der Waals surface area contributed by atoms with Crippen LogP contribution >= 0.6 is 0 Å². The first-order valence-electron chi connectivity index (χ1n) is 8.73. The number of nitrogens with zero attached hydrogens (tertiary/aromatic N) is 1. The molecule has 0 radical (unpaired) electrons. The number of carbonyl (C=O) groups is 1. The molecule has 0 aliphatic carbocycles. The number of amides is 1. The van der Waals surface area contributed by atoms with E-state index in [0.717, 1.165) is 18.6 Å². The molecule has 3 rings (SSSR count). The summed E-state index contributed by atoms with van der Waals surface area (Å²) in [5.74, 6) is 0.548. The summed E-state index contributed by atoms with van der Waals surface area (Å²) in [5.41, 5.74) is 1.87. The third-order valence-corrected chi connectivity index (χ3v) is 4.51. The maximum atomic E-state index is 13.6. The highest BCUT2D eigenvalue weighted by atomic mass is 19.1. The van der Waals surface area contributed by atoms with E-state index in [0.29, 0.717) is 36.1 Å². The van der Waals surface area contributed by atoms with Gasteiger partial charge in [-0.2, -0.15) is 0 Å². The van der Waals surface area contributed by atoms with Gasteiger partial charge in [-0.25, -0.2) is 4.39 Å². The van der Waals surface area contributed by atoms with Crippen LogP contribution in [0, 0.1) is 18.7 Å². The molecule has 1 aromatic carbocycles. The predicted octanol–water partition coefficient (Wildman–Crippen LogP) is 2.53. The summed E-state index contributed by atoms with van der Waals surface area (Å²) >= 11 is 0. The SMILES string of the molecule is Cc1c(CC(=O)NCC2CCOC2)noc1COCc1ccccc1F. The molecule has 140 valence electrons. The second kappa shape index (κ2) is 8.91. The highest BCUT2D eigenvalue weighted by molar-refractivity contribution is 5.78. The van der Waals surface area contributed by atoms with Crippen molar-refractivity contribution in [2.24, 2.45) is 5.92 Å². The van der Waals surface area contributed by atoms with E-state index >= 15 is 0 Å². The molecule has 2 aromatic rings. The third-order valence-electron chi connectivity index (χ3n) is 4.51. The fourth-order valence-corrected chi connectivity index (χ4v) is 2.79. The lowest BCUT2D eigenvalue weighted by atomic mass is 10.1. The minimum atomic E-state index is -0.299. The molecular formula is C19H23FN2O4. The quantitative estimate of drug-likeness (QED) is 0.781. The molecule has 1 amide bonds. The molecule has 7 heteroatoms. The third kappa shape index (κ3) is 4.89. The van der Waals surface area contributed by atoms with Gasteiger partial charge >= 0.3 is 0 Å². The Bertz CT molecular complexity index is 741. The Kier molecular flexibility index (Phi) is 6.35. The van der Waals surface area contributed by atoms with E-state index in [9.17, 15) is 9.18 Å². The number of benzene rings is 1. The first-order valence-corrected chi connectivity index (χ1v) is 8.73. The lowest BCUT2D eigenvalue weighted by Gasteiger charge is -2.08. The normalized spacial score (nSPS) is 16.8. The van der Waals surface area contributed by atoms with Gasteiger partial charge in [0.1, 0.15) is 12.4 Å². The molecule has 6 nitrogen and oxygen atoms in total. The fraction of sp³-hybridized carbons (Fsp3) is 0.474. The molecule has 0 spiro atoms. The van der Waals surface area contributed by atoms with Crippen LogP contribution in [0.3, 0.4) is 0 Å². The Morgan fingerprint density at radius 2 is 2.23 bits per heavy atom. The van der Waals surface area contributed by atoms with Crippen molar-refractivity contribution in [3.63, 3.8) is 0 Å². The summed E-state index contributed by atoms with van der Waals surface area (Å²) in [6.45, 7) is 4.24. The molecule has 0 bridgehead atoms. The van der Waals surface area contributed by atoms with E-state index in [2.05, 4.69) is 10.5 Å². The lowest BCUT2D eigenvalue weighted by Crippen LogP contribution is -2.30. The Morgan fingerprint density at radius 3 is 3.00 bits per heavy atom. The van der Waals surface area contributed by atoms with Gasteiger partial charge in [0.2, 0.25) is 5.91 Å². The number of hydrogen-bond acceptors (Lipinski definition) is 5. The van der Waals surface area contributed by atoms with Crippen molar-refractivity contribution in [2.75, 3.05) is 19.8 Å². The molecule has 1 saturated heterocycles. The number of rotatable bonds is 8. The number of hydrogen-bond donors (Lipinski definition) is 1. The Hall–Kier alpha value is -2.25. The first kappa shape index (κ1) is 18.5. The van der Waals surface area contributed by atoms with Gasteiger partial charge in [-0.1, -0.05) is 23.4 Å². The average Bonchev–Trinajstić information content (AvgIpc) is 3.27. The van der Waals surface area contributed by atoms with Gasteiger partial charge in [-0.05, 0) is 19.4 Å². The van der Waals surface area contributed by atoms with Crippen LogP contribution < -0.4 is 5.32 Å². The topological polar surface area (TPSA) is 73.6 Å². The summed E-state index contributed by atoms with van der Waals surface area (Å²) in [6.07, 6.45) is 1.14. The second-order valence-electron chi connectivity index (χ2n) is 6.47. The molecule has 2 heterocycles. The van der Waals surface area contributed by atoms with E-state index in [1.54, 1.807) is 18.2 Å². The van der Waals surface area contributed by atoms with Gasteiger partial charge in [0, 0.05) is 30.2 Å². The smallest absolute Gasteiger partial charge is 0.226 e. The molecule has 1 aromatic heterocycles. The van der Waals surface area contributed by atoms with Gasteiger partial charge in [0.25, 0.3) is 0 Å². The highest BCUT2D eigenvalue weighted by Crippen LogP contribution is 2.16. The fourth-order valence-electron chi connectivity index (χ4n) is 2.79. The van der Waals surface area contributed by atoms with E-state index in [1.165, 1.54) is 6.07 Å². The zero-order chi connectivity index (χ0) is 18.4. The van der Waals surface area contributed by atoms with Crippen molar-refractivity contribution in [1.29, 1.82) is 0 Å². The van der Waals surface area contributed by atoms with Gasteiger partial charge in [0.05, 0.1) is 25.3 Å². The highest BCUT2D eigenvalue weighted by Gasteiger charge is 2.18.